The topological polar surface area (TPSA) is 88.2 Å². The van der Waals surface area contributed by atoms with E-state index in [1.165, 1.54) is 4.88 Å². The van der Waals surface area contributed by atoms with Crippen LogP contribution in [0, 0.1) is 20.8 Å². The molecule has 8 heteroatoms. The molecule has 0 atom stereocenters. The molecule has 0 amide bonds. The standard InChI is InChI=1S/C15H24N6OS/c1-5-16-15(18-9-13-10(2)19-12(4)23-13)17-8-6-7-14-20-11(3)21-22-14/h5-9H2,1-4H3,(H2,16,17,18). The molecule has 2 heterocycles. The van der Waals surface area contributed by atoms with E-state index in [9.17, 15) is 0 Å². The first-order valence-corrected chi connectivity index (χ1v) is 8.64. The number of thiazole rings is 1. The van der Waals surface area contributed by atoms with E-state index in [4.69, 9.17) is 4.52 Å². The highest BCUT2D eigenvalue weighted by Gasteiger charge is 2.05. The first-order chi connectivity index (χ1) is 11.1. The van der Waals surface area contributed by atoms with E-state index < -0.39 is 0 Å². The summed E-state index contributed by atoms with van der Waals surface area (Å²) in [4.78, 5) is 14.5. The van der Waals surface area contributed by atoms with Gasteiger partial charge in [-0.1, -0.05) is 5.16 Å². The molecule has 0 aliphatic rings. The number of aryl methyl sites for hydroxylation is 4. The van der Waals surface area contributed by atoms with Crippen LogP contribution in [0.5, 0.6) is 0 Å². The lowest BCUT2D eigenvalue weighted by Crippen LogP contribution is -2.37. The van der Waals surface area contributed by atoms with Crippen LogP contribution in [0.3, 0.4) is 0 Å². The molecule has 2 aromatic rings. The van der Waals surface area contributed by atoms with Crippen LogP contribution in [-0.4, -0.2) is 34.2 Å². The third-order valence-electron chi connectivity index (χ3n) is 3.15. The van der Waals surface area contributed by atoms with Gasteiger partial charge in [0.05, 0.1) is 17.2 Å². The fourth-order valence-corrected chi connectivity index (χ4v) is 2.96. The number of hydrogen-bond acceptors (Lipinski definition) is 6. The average molecular weight is 336 g/mol. The summed E-state index contributed by atoms with van der Waals surface area (Å²) in [7, 11) is 0. The third kappa shape index (κ3) is 5.63. The van der Waals surface area contributed by atoms with Gasteiger partial charge in [-0.3, -0.25) is 0 Å². The average Bonchev–Trinajstić information content (AvgIpc) is 3.06. The molecule has 0 saturated carbocycles. The monoisotopic (exact) mass is 336 g/mol. The zero-order chi connectivity index (χ0) is 16.7. The molecule has 0 radical (unpaired) electrons. The Kier molecular flexibility index (Phi) is 6.52. The van der Waals surface area contributed by atoms with E-state index in [0.29, 0.717) is 18.3 Å². The number of hydrogen-bond donors (Lipinski definition) is 2. The molecule has 2 N–H and O–H groups in total. The van der Waals surface area contributed by atoms with Gasteiger partial charge in [-0.05, 0) is 34.1 Å². The predicted molar refractivity (Wildman–Crippen MR) is 91.8 cm³/mol. The van der Waals surface area contributed by atoms with Crippen molar-refractivity contribution in [2.45, 2.75) is 47.1 Å². The molecule has 0 unspecified atom stereocenters. The van der Waals surface area contributed by atoms with Crippen LogP contribution in [0.15, 0.2) is 9.52 Å². The summed E-state index contributed by atoms with van der Waals surface area (Å²) < 4.78 is 5.10. The van der Waals surface area contributed by atoms with Crippen LogP contribution >= 0.6 is 11.3 Å². The normalized spacial score (nSPS) is 11.7. The minimum absolute atomic E-state index is 0.648. The summed E-state index contributed by atoms with van der Waals surface area (Å²) in [6.45, 7) is 10.2. The maximum atomic E-state index is 5.10. The Hall–Kier alpha value is -1.96. The Morgan fingerprint density at radius 1 is 1.22 bits per heavy atom. The summed E-state index contributed by atoms with van der Waals surface area (Å²) in [6, 6.07) is 0. The SMILES string of the molecule is CCNC(=NCc1sc(C)nc1C)NCCCc1nc(C)no1. The summed E-state index contributed by atoms with van der Waals surface area (Å²) in [5.74, 6) is 2.18. The Balaban J connectivity index is 1.80. The highest BCUT2D eigenvalue weighted by Crippen LogP contribution is 2.17. The molecule has 0 bridgehead atoms. The fourth-order valence-electron chi connectivity index (χ4n) is 2.10. The molecule has 7 nitrogen and oxygen atoms in total. The first kappa shape index (κ1) is 17.4. The first-order valence-electron chi connectivity index (χ1n) is 7.82. The predicted octanol–water partition coefficient (Wildman–Crippen LogP) is 2.14. The molecule has 2 aromatic heterocycles. The van der Waals surface area contributed by atoms with Gasteiger partial charge in [0.2, 0.25) is 5.89 Å². The minimum atomic E-state index is 0.648. The van der Waals surface area contributed by atoms with Crippen molar-refractivity contribution in [1.29, 1.82) is 0 Å². The van der Waals surface area contributed by atoms with Crippen LogP contribution in [0.25, 0.3) is 0 Å². The molecule has 2 rings (SSSR count). The molecule has 23 heavy (non-hydrogen) atoms. The number of nitrogens with zero attached hydrogens (tertiary/aromatic N) is 4. The van der Waals surface area contributed by atoms with Gasteiger partial charge in [-0.2, -0.15) is 4.98 Å². The second kappa shape index (κ2) is 8.61. The van der Waals surface area contributed by atoms with Gasteiger partial charge in [0.25, 0.3) is 0 Å². The van der Waals surface area contributed by atoms with Crippen LogP contribution < -0.4 is 10.6 Å². The lowest BCUT2D eigenvalue weighted by atomic mass is 10.3. The van der Waals surface area contributed by atoms with Crippen LogP contribution in [-0.2, 0) is 13.0 Å². The van der Waals surface area contributed by atoms with Crippen molar-refractivity contribution in [3.63, 3.8) is 0 Å². The zero-order valence-corrected chi connectivity index (χ0v) is 15.0. The summed E-state index contributed by atoms with van der Waals surface area (Å²) in [5, 5.41) is 11.5. The van der Waals surface area contributed by atoms with Gasteiger partial charge in [0.15, 0.2) is 11.8 Å². The number of rotatable bonds is 7. The van der Waals surface area contributed by atoms with Gasteiger partial charge in [-0.15, -0.1) is 11.3 Å². The van der Waals surface area contributed by atoms with Gasteiger partial charge in [-0.25, -0.2) is 9.98 Å². The molecular formula is C15H24N6OS. The lowest BCUT2D eigenvalue weighted by molar-refractivity contribution is 0.372. The van der Waals surface area contributed by atoms with Crippen LogP contribution in [0.1, 0.15) is 40.6 Å². The van der Waals surface area contributed by atoms with Crippen molar-refractivity contribution >= 4 is 17.3 Å². The van der Waals surface area contributed by atoms with Crippen molar-refractivity contribution in [3.8, 4) is 0 Å². The molecular weight excluding hydrogens is 312 g/mol. The Labute approximate surface area is 140 Å². The van der Waals surface area contributed by atoms with Gasteiger partial charge in [0, 0.05) is 24.4 Å². The minimum Gasteiger partial charge on any atom is -0.357 e. The Bertz CT molecular complexity index is 648. The maximum Gasteiger partial charge on any atom is 0.226 e. The van der Waals surface area contributed by atoms with Crippen molar-refractivity contribution in [3.05, 3.63) is 27.3 Å². The van der Waals surface area contributed by atoms with Gasteiger partial charge in [0.1, 0.15) is 0 Å². The van der Waals surface area contributed by atoms with Crippen molar-refractivity contribution in [2.75, 3.05) is 13.1 Å². The number of aliphatic imine (C=N–C) groups is 1. The summed E-state index contributed by atoms with van der Waals surface area (Å²) >= 11 is 1.70. The number of aromatic nitrogens is 3. The Morgan fingerprint density at radius 2 is 2.04 bits per heavy atom. The van der Waals surface area contributed by atoms with E-state index >= 15 is 0 Å². The molecule has 126 valence electrons. The largest absolute Gasteiger partial charge is 0.357 e. The smallest absolute Gasteiger partial charge is 0.226 e. The van der Waals surface area contributed by atoms with E-state index in [2.05, 4.69) is 37.7 Å². The summed E-state index contributed by atoms with van der Waals surface area (Å²) in [5.41, 5.74) is 1.07. The van der Waals surface area contributed by atoms with Crippen LogP contribution in [0.2, 0.25) is 0 Å². The second-order valence-electron chi connectivity index (χ2n) is 5.20. The van der Waals surface area contributed by atoms with Gasteiger partial charge >= 0.3 is 0 Å². The lowest BCUT2D eigenvalue weighted by Gasteiger charge is -2.10. The molecule has 0 aliphatic carbocycles. The summed E-state index contributed by atoms with van der Waals surface area (Å²) in [6.07, 6.45) is 1.67. The number of guanidine groups is 1. The fraction of sp³-hybridized carbons (Fsp3) is 0.600. The maximum absolute atomic E-state index is 5.10. The van der Waals surface area contributed by atoms with Crippen molar-refractivity contribution < 1.29 is 4.52 Å². The molecule has 0 spiro atoms. The quantitative estimate of drug-likeness (QED) is 0.457. The third-order valence-corrected chi connectivity index (χ3v) is 4.21. The van der Waals surface area contributed by atoms with E-state index in [-0.39, 0.29) is 0 Å². The Morgan fingerprint density at radius 3 is 2.65 bits per heavy atom. The van der Waals surface area contributed by atoms with E-state index in [0.717, 1.165) is 42.6 Å². The molecule has 0 aromatic carbocycles. The van der Waals surface area contributed by atoms with Crippen molar-refractivity contribution in [2.24, 2.45) is 4.99 Å². The highest BCUT2D eigenvalue weighted by molar-refractivity contribution is 7.11. The van der Waals surface area contributed by atoms with E-state index in [1.54, 1.807) is 11.3 Å². The van der Waals surface area contributed by atoms with Gasteiger partial charge < -0.3 is 15.2 Å². The van der Waals surface area contributed by atoms with E-state index in [1.807, 2.05) is 20.8 Å². The second-order valence-corrected chi connectivity index (χ2v) is 6.49. The van der Waals surface area contributed by atoms with Crippen molar-refractivity contribution in [1.82, 2.24) is 25.8 Å². The number of nitrogens with one attached hydrogen (secondary N) is 2. The highest BCUT2D eigenvalue weighted by atomic mass is 32.1. The molecule has 0 saturated heterocycles. The zero-order valence-electron chi connectivity index (χ0n) is 14.1. The molecule has 0 fully saturated rings. The molecule has 0 aliphatic heterocycles. The van der Waals surface area contributed by atoms with Crippen LogP contribution in [0.4, 0.5) is 0 Å².